The van der Waals surface area contributed by atoms with Crippen LogP contribution in [0.25, 0.3) is 0 Å². The van der Waals surface area contributed by atoms with Crippen LogP contribution in [0.5, 0.6) is 11.5 Å². The van der Waals surface area contributed by atoms with Gasteiger partial charge in [-0.15, -0.1) is 0 Å². The van der Waals surface area contributed by atoms with Crippen LogP contribution < -0.4 is 25.0 Å². The maximum atomic E-state index is 5.44. The summed E-state index contributed by atoms with van der Waals surface area (Å²) in [4.78, 5) is 11.1. The van der Waals surface area contributed by atoms with Gasteiger partial charge in [0.1, 0.15) is 17.3 Å². The van der Waals surface area contributed by atoms with E-state index in [1.807, 2.05) is 24.4 Å². The quantitative estimate of drug-likeness (QED) is 0.511. The minimum atomic E-state index is 0.589. The summed E-state index contributed by atoms with van der Waals surface area (Å²) in [5, 5.41) is 6.62. The lowest BCUT2D eigenvalue weighted by atomic mass is 10.2. The smallest absolute Gasteiger partial charge is 0.191 e. The molecule has 0 aliphatic rings. The van der Waals surface area contributed by atoms with Gasteiger partial charge in [0.2, 0.25) is 0 Å². The van der Waals surface area contributed by atoms with Crippen molar-refractivity contribution in [2.75, 3.05) is 39.3 Å². The molecule has 0 saturated heterocycles. The van der Waals surface area contributed by atoms with E-state index in [4.69, 9.17) is 9.47 Å². The third kappa shape index (κ3) is 5.77. The van der Waals surface area contributed by atoms with E-state index in [1.54, 1.807) is 21.3 Å². The zero-order valence-electron chi connectivity index (χ0n) is 17.5. The van der Waals surface area contributed by atoms with Crippen molar-refractivity contribution >= 4 is 11.8 Å². The molecule has 0 atom stereocenters. The summed E-state index contributed by atoms with van der Waals surface area (Å²) in [6.07, 6.45) is 1.90. The standard InChI is InChI=1S/C21H31N5O2/c1-6-26(7-2)20-11-8-16(13-23-20)14-24-21(22-3)25-15-17-9-10-18(27-4)12-19(17)28-5/h8-13H,6-7,14-15H2,1-5H3,(H2,22,24,25). The number of pyridine rings is 1. The lowest BCUT2D eigenvalue weighted by molar-refractivity contribution is 0.390. The van der Waals surface area contributed by atoms with Crippen molar-refractivity contribution in [3.05, 3.63) is 47.7 Å². The van der Waals surface area contributed by atoms with Crippen molar-refractivity contribution in [2.24, 2.45) is 4.99 Å². The summed E-state index contributed by atoms with van der Waals surface area (Å²) in [6.45, 7) is 7.40. The van der Waals surface area contributed by atoms with E-state index in [0.717, 1.165) is 41.5 Å². The van der Waals surface area contributed by atoms with Crippen LogP contribution in [0.4, 0.5) is 5.82 Å². The molecule has 7 nitrogen and oxygen atoms in total. The second kappa shape index (κ2) is 11.0. The molecule has 1 aromatic heterocycles. The number of guanidine groups is 1. The van der Waals surface area contributed by atoms with Crippen molar-refractivity contribution in [3.63, 3.8) is 0 Å². The van der Waals surface area contributed by atoms with Gasteiger partial charge >= 0.3 is 0 Å². The van der Waals surface area contributed by atoms with E-state index < -0.39 is 0 Å². The number of nitrogens with zero attached hydrogens (tertiary/aromatic N) is 3. The molecular weight excluding hydrogens is 354 g/mol. The normalized spacial score (nSPS) is 11.1. The Morgan fingerprint density at radius 2 is 1.79 bits per heavy atom. The Balaban J connectivity index is 1.91. The fourth-order valence-electron chi connectivity index (χ4n) is 2.84. The maximum Gasteiger partial charge on any atom is 0.191 e. The van der Waals surface area contributed by atoms with Crippen LogP contribution in [-0.4, -0.2) is 45.3 Å². The average molecular weight is 386 g/mol. The fraction of sp³-hybridized carbons (Fsp3) is 0.429. The average Bonchev–Trinajstić information content (AvgIpc) is 2.75. The summed E-state index contributed by atoms with van der Waals surface area (Å²) >= 11 is 0. The molecule has 0 aliphatic heterocycles. The number of hydrogen-bond donors (Lipinski definition) is 2. The van der Waals surface area contributed by atoms with Gasteiger partial charge in [0, 0.05) is 51.1 Å². The Bertz CT molecular complexity index is 758. The molecule has 0 fully saturated rings. The molecule has 28 heavy (non-hydrogen) atoms. The number of hydrogen-bond acceptors (Lipinski definition) is 5. The van der Waals surface area contributed by atoms with Crippen LogP contribution in [0, 0.1) is 0 Å². The Hall–Kier alpha value is -2.96. The van der Waals surface area contributed by atoms with Gasteiger partial charge in [-0.2, -0.15) is 0 Å². The van der Waals surface area contributed by atoms with Gasteiger partial charge in [0.15, 0.2) is 5.96 Å². The Kier molecular flexibility index (Phi) is 8.39. The Morgan fingerprint density at radius 3 is 2.36 bits per heavy atom. The van der Waals surface area contributed by atoms with Crippen molar-refractivity contribution in [2.45, 2.75) is 26.9 Å². The van der Waals surface area contributed by atoms with Crippen molar-refractivity contribution in [1.82, 2.24) is 15.6 Å². The van der Waals surface area contributed by atoms with Crippen LogP contribution in [0.2, 0.25) is 0 Å². The molecule has 0 bridgehead atoms. The molecule has 7 heteroatoms. The molecule has 0 amide bonds. The number of ether oxygens (including phenoxy) is 2. The Morgan fingerprint density at radius 1 is 1.04 bits per heavy atom. The first kappa shape index (κ1) is 21.3. The molecule has 0 spiro atoms. The summed E-state index contributed by atoms with van der Waals surface area (Å²) in [5.41, 5.74) is 2.12. The van der Waals surface area contributed by atoms with E-state index >= 15 is 0 Å². The number of rotatable bonds is 9. The molecule has 2 N–H and O–H groups in total. The van der Waals surface area contributed by atoms with Crippen LogP contribution in [-0.2, 0) is 13.1 Å². The van der Waals surface area contributed by atoms with Crippen LogP contribution in [0.15, 0.2) is 41.5 Å². The van der Waals surface area contributed by atoms with Gasteiger partial charge in [-0.3, -0.25) is 4.99 Å². The highest BCUT2D eigenvalue weighted by molar-refractivity contribution is 5.79. The predicted molar refractivity (Wildman–Crippen MR) is 114 cm³/mol. The van der Waals surface area contributed by atoms with Crippen LogP contribution >= 0.6 is 0 Å². The monoisotopic (exact) mass is 385 g/mol. The molecular formula is C21H31N5O2. The van der Waals surface area contributed by atoms with Gasteiger partial charge in [-0.05, 0) is 37.6 Å². The van der Waals surface area contributed by atoms with E-state index in [2.05, 4.69) is 51.5 Å². The largest absolute Gasteiger partial charge is 0.497 e. The third-order valence-corrected chi connectivity index (χ3v) is 4.52. The molecule has 0 unspecified atom stereocenters. The lowest BCUT2D eigenvalue weighted by Gasteiger charge is -2.19. The lowest BCUT2D eigenvalue weighted by Crippen LogP contribution is -2.36. The SMILES string of the molecule is CCN(CC)c1ccc(CNC(=NC)NCc2ccc(OC)cc2OC)cn1. The number of nitrogens with one attached hydrogen (secondary N) is 2. The topological polar surface area (TPSA) is 71.0 Å². The number of methoxy groups -OCH3 is 2. The zero-order chi connectivity index (χ0) is 20.4. The van der Waals surface area contributed by atoms with Gasteiger partial charge in [0.05, 0.1) is 14.2 Å². The number of benzene rings is 1. The highest BCUT2D eigenvalue weighted by atomic mass is 16.5. The highest BCUT2D eigenvalue weighted by Crippen LogP contribution is 2.24. The van der Waals surface area contributed by atoms with Crippen LogP contribution in [0.1, 0.15) is 25.0 Å². The van der Waals surface area contributed by atoms with Crippen molar-refractivity contribution in [3.8, 4) is 11.5 Å². The molecule has 0 saturated carbocycles. The van der Waals surface area contributed by atoms with E-state index in [0.29, 0.717) is 19.0 Å². The van der Waals surface area contributed by atoms with E-state index in [-0.39, 0.29) is 0 Å². The fourth-order valence-corrected chi connectivity index (χ4v) is 2.84. The Labute approximate surface area is 167 Å². The molecule has 2 aromatic rings. The van der Waals surface area contributed by atoms with Gasteiger partial charge in [-0.1, -0.05) is 6.07 Å². The second-order valence-corrected chi connectivity index (χ2v) is 6.15. The molecule has 0 aliphatic carbocycles. The first-order chi connectivity index (χ1) is 13.6. The summed E-state index contributed by atoms with van der Waals surface area (Å²) in [6, 6.07) is 9.92. The van der Waals surface area contributed by atoms with Crippen LogP contribution in [0.3, 0.4) is 0 Å². The number of aliphatic imine (C=N–C) groups is 1. The summed E-state index contributed by atoms with van der Waals surface area (Å²) < 4.78 is 10.7. The maximum absolute atomic E-state index is 5.44. The van der Waals surface area contributed by atoms with Gasteiger partial charge in [0.25, 0.3) is 0 Å². The molecule has 152 valence electrons. The minimum absolute atomic E-state index is 0.589. The predicted octanol–water partition coefficient (Wildman–Crippen LogP) is 2.81. The summed E-state index contributed by atoms with van der Waals surface area (Å²) in [5.74, 6) is 3.26. The third-order valence-electron chi connectivity index (χ3n) is 4.52. The molecule has 1 heterocycles. The molecule has 2 rings (SSSR count). The first-order valence-electron chi connectivity index (χ1n) is 9.50. The zero-order valence-corrected chi connectivity index (χ0v) is 17.5. The van der Waals surface area contributed by atoms with Gasteiger partial charge < -0.3 is 25.0 Å². The first-order valence-corrected chi connectivity index (χ1v) is 9.50. The summed E-state index contributed by atoms with van der Waals surface area (Å²) in [7, 11) is 5.05. The van der Waals surface area contributed by atoms with E-state index in [1.165, 1.54) is 0 Å². The minimum Gasteiger partial charge on any atom is -0.497 e. The van der Waals surface area contributed by atoms with E-state index in [9.17, 15) is 0 Å². The second-order valence-electron chi connectivity index (χ2n) is 6.15. The number of anilines is 1. The van der Waals surface area contributed by atoms with Crippen molar-refractivity contribution < 1.29 is 9.47 Å². The highest BCUT2D eigenvalue weighted by Gasteiger charge is 2.07. The van der Waals surface area contributed by atoms with Crippen molar-refractivity contribution in [1.29, 1.82) is 0 Å². The molecule has 1 aromatic carbocycles. The molecule has 0 radical (unpaired) electrons. The van der Waals surface area contributed by atoms with Gasteiger partial charge in [-0.25, -0.2) is 4.98 Å². The number of aromatic nitrogens is 1.